The third-order valence-corrected chi connectivity index (χ3v) is 2.14. The van der Waals surface area contributed by atoms with Crippen molar-refractivity contribution in [1.29, 1.82) is 0 Å². The fourth-order valence-corrected chi connectivity index (χ4v) is 1.48. The summed E-state index contributed by atoms with van der Waals surface area (Å²) in [6.07, 6.45) is 1.75. The lowest BCUT2D eigenvalue weighted by molar-refractivity contribution is 0.0903. The van der Waals surface area contributed by atoms with Crippen LogP contribution in [-0.4, -0.2) is 23.7 Å². The van der Waals surface area contributed by atoms with Gasteiger partial charge >= 0.3 is 0 Å². The second-order valence-electron chi connectivity index (χ2n) is 2.92. The van der Waals surface area contributed by atoms with Crippen LogP contribution in [0, 0.1) is 0 Å². The molecule has 2 rings (SSSR count). The molecular formula is C10H9NO2. The van der Waals surface area contributed by atoms with Crippen LogP contribution in [0.5, 0.6) is 0 Å². The largest absolute Gasteiger partial charge is 0.388 e. The predicted octanol–water partition coefficient (Wildman–Crippen LogP) is 0.794. The lowest BCUT2D eigenvalue weighted by atomic mass is 10.0. The number of aliphatic hydroxyl groups excluding tert-OH is 1. The maximum Gasteiger partial charge on any atom is 0.188 e. The first-order valence-corrected chi connectivity index (χ1v) is 4.08. The van der Waals surface area contributed by atoms with Gasteiger partial charge in [-0.25, -0.2) is 0 Å². The number of Topliss-reactive ketones (excluding diaryl/α,β-unsaturated/α-hetero) is 1. The van der Waals surface area contributed by atoms with E-state index in [4.69, 9.17) is 5.11 Å². The number of aliphatic hydroxyl groups is 1. The van der Waals surface area contributed by atoms with E-state index in [1.807, 2.05) is 6.07 Å². The van der Waals surface area contributed by atoms with Crippen molar-refractivity contribution in [1.82, 2.24) is 0 Å². The minimum Gasteiger partial charge on any atom is -0.388 e. The molecule has 0 bridgehead atoms. The molecule has 1 aliphatic rings. The Balaban J connectivity index is 2.50. The molecule has 0 aromatic heterocycles. The van der Waals surface area contributed by atoms with Crippen LogP contribution < -0.4 is 0 Å². The van der Waals surface area contributed by atoms with Gasteiger partial charge in [-0.1, -0.05) is 18.2 Å². The number of carbonyl (C=O) groups is 1. The molecule has 0 aliphatic carbocycles. The number of carbonyl (C=O) groups excluding carboxylic acids is 1. The van der Waals surface area contributed by atoms with E-state index in [2.05, 4.69) is 4.99 Å². The number of benzene rings is 1. The Morgan fingerprint density at radius 1 is 1.54 bits per heavy atom. The molecule has 13 heavy (non-hydrogen) atoms. The Morgan fingerprint density at radius 3 is 3.15 bits per heavy atom. The molecule has 3 heteroatoms. The molecule has 66 valence electrons. The highest BCUT2D eigenvalue weighted by Gasteiger charge is 2.15. The molecule has 1 aliphatic heterocycles. The van der Waals surface area contributed by atoms with Crippen molar-refractivity contribution >= 4 is 12.0 Å². The SMILES string of the molecule is O=C(CO)c1cccc2c1CN=C2. The maximum absolute atomic E-state index is 11.3. The van der Waals surface area contributed by atoms with Crippen molar-refractivity contribution in [2.24, 2.45) is 4.99 Å². The van der Waals surface area contributed by atoms with Gasteiger partial charge in [0.15, 0.2) is 5.78 Å². The topological polar surface area (TPSA) is 49.7 Å². The number of rotatable bonds is 2. The molecule has 0 saturated carbocycles. The van der Waals surface area contributed by atoms with Gasteiger partial charge < -0.3 is 5.11 Å². The van der Waals surface area contributed by atoms with Crippen LogP contribution in [0.2, 0.25) is 0 Å². The number of nitrogens with zero attached hydrogens (tertiary/aromatic N) is 1. The van der Waals surface area contributed by atoms with E-state index in [1.165, 1.54) is 0 Å². The summed E-state index contributed by atoms with van der Waals surface area (Å²) in [6.45, 7) is 0.119. The molecule has 1 heterocycles. The van der Waals surface area contributed by atoms with Crippen molar-refractivity contribution in [2.75, 3.05) is 6.61 Å². The highest BCUT2D eigenvalue weighted by Crippen LogP contribution is 2.19. The monoisotopic (exact) mass is 175 g/mol. The second-order valence-corrected chi connectivity index (χ2v) is 2.92. The molecule has 1 aromatic rings. The van der Waals surface area contributed by atoms with E-state index >= 15 is 0 Å². The summed E-state index contributed by atoms with van der Waals surface area (Å²) in [6, 6.07) is 5.45. The number of ketones is 1. The fraction of sp³-hybridized carbons (Fsp3) is 0.200. The highest BCUT2D eigenvalue weighted by atomic mass is 16.3. The van der Waals surface area contributed by atoms with Crippen LogP contribution in [0.1, 0.15) is 21.5 Å². The Labute approximate surface area is 75.7 Å². The second kappa shape index (κ2) is 3.11. The molecule has 0 fully saturated rings. The average Bonchev–Trinajstić information content (AvgIpc) is 2.63. The smallest absolute Gasteiger partial charge is 0.188 e. The summed E-state index contributed by atoms with van der Waals surface area (Å²) in [5.74, 6) is -0.234. The first kappa shape index (κ1) is 8.13. The van der Waals surface area contributed by atoms with Gasteiger partial charge in [-0.2, -0.15) is 0 Å². The molecule has 0 amide bonds. The molecule has 0 radical (unpaired) electrons. The Bertz CT molecular complexity index is 383. The van der Waals surface area contributed by atoms with E-state index < -0.39 is 6.61 Å². The van der Waals surface area contributed by atoms with E-state index in [-0.39, 0.29) is 5.78 Å². The van der Waals surface area contributed by atoms with Gasteiger partial charge in [0.25, 0.3) is 0 Å². The Kier molecular flexibility index (Phi) is 1.94. The average molecular weight is 175 g/mol. The van der Waals surface area contributed by atoms with Gasteiger partial charge in [0.2, 0.25) is 0 Å². The molecule has 1 N–H and O–H groups in total. The van der Waals surface area contributed by atoms with Crippen LogP contribution in [-0.2, 0) is 6.54 Å². The van der Waals surface area contributed by atoms with Gasteiger partial charge in [0, 0.05) is 11.8 Å². The zero-order valence-electron chi connectivity index (χ0n) is 7.03. The lowest BCUT2D eigenvalue weighted by Crippen LogP contribution is -2.07. The van der Waals surface area contributed by atoms with Crippen LogP contribution >= 0.6 is 0 Å². The molecule has 0 spiro atoms. The van der Waals surface area contributed by atoms with Crippen molar-refractivity contribution < 1.29 is 9.90 Å². The van der Waals surface area contributed by atoms with Crippen LogP contribution in [0.25, 0.3) is 0 Å². The third kappa shape index (κ3) is 1.27. The summed E-state index contributed by atoms with van der Waals surface area (Å²) in [5, 5.41) is 8.73. The van der Waals surface area contributed by atoms with Crippen molar-refractivity contribution in [3.05, 3.63) is 34.9 Å². The Hall–Kier alpha value is -1.48. The number of fused-ring (bicyclic) bond motifs is 1. The van der Waals surface area contributed by atoms with Gasteiger partial charge in [-0.15, -0.1) is 0 Å². The molecule has 0 saturated heterocycles. The summed E-state index contributed by atoms with van der Waals surface area (Å²) in [5.41, 5.74) is 2.51. The molecule has 1 aromatic carbocycles. The third-order valence-electron chi connectivity index (χ3n) is 2.14. The van der Waals surface area contributed by atoms with Crippen LogP contribution in [0.3, 0.4) is 0 Å². The van der Waals surface area contributed by atoms with Gasteiger partial charge in [-0.05, 0) is 11.1 Å². The molecule has 3 nitrogen and oxygen atoms in total. The van der Waals surface area contributed by atoms with Crippen molar-refractivity contribution in [2.45, 2.75) is 6.54 Å². The molecule has 0 atom stereocenters. The van der Waals surface area contributed by atoms with Crippen LogP contribution in [0.15, 0.2) is 23.2 Å². The highest BCUT2D eigenvalue weighted by molar-refractivity contribution is 6.01. The standard InChI is InChI=1S/C10H9NO2/c12-6-10(13)8-3-1-2-7-4-11-5-9(7)8/h1-4,12H,5-6H2. The maximum atomic E-state index is 11.3. The summed E-state index contributed by atoms with van der Waals surface area (Å²) < 4.78 is 0. The van der Waals surface area contributed by atoms with Crippen LogP contribution in [0.4, 0.5) is 0 Å². The minimum absolute atomic E-state index is 0.234. The van der Waals surface area contributed by atoms with E-state index in [9.17, 15) is 4.79 Å². The lowest BCUT2D eigenvalue weighted by Gasteiger charge is -2.03. The predicted molar refractivity (Wildman–Crippen MR) is 49.2 cm³/mol. The van der Waals surface area contributed by atoms with E-state index in [0.717, 1.165) is 11.1 Å². The number of aliphatic imine (C=N–C) groups is 1. The molecule has 0 unspecified atom stereocenters. The van der Waals surface area contributed by atoms with Crippen molar-refractivity contribution in [3.8, 4) is 0 Å². The van der Waals surface area contributed by atoms with Gasteiger partial charge in [-0.3, -0.25) is 9.79 Å². The zero-order chi connectivity index (χ0) is 9.26. The van der Waals surface area contributed by atoms with Crippen molar-refractivity contribution in [3.63, 3.8) is 0 Å². The zero-order valence-corrected chi connectivity index (χ0v) is 7.03. The summed E-state index contributed by atoms with van der Waals surface area (Å²) >= 11 is 0. The quantitative estimate of drug-likeness (QED) is 0.676. The van der Waals surface area contributed by atoms with E-state index in [0.29, 0.717) is 12.1 Å². The Morgan fingerprint density at radius 2 is 2.38 bits per heavy atom. The first-order valence-electron chi connectivity index (χ1n) is 4.08. The number of hydrogen-bond donors (Lipinski definition) is 1. The summed E-state index contributed by atoms with van der Waals surface area (Å²) in [4.78, 5) is 15.3. The summed E-state index contributed by atoms with van der Waals surface area (Å²) in [7, 11) is 0. The fourth-order valence-electron chi connectivity index (χ4n) is 1.48. The molecular weight excluding hydrogens is 166 g/mol. The minimum atomic E-state index is -0.434. The van der Waals surface area contributed by atoms with E-state index in [1.54, 1.807) is 18.3 Å². The normalized spacial score (nSPS) is 13.0. The number of hydrogen-bond acceptors (Lipinski definition) is 3. The first-order chi connectivity index (χ1) is 6.33. The van der Waals surface area contributed by atoms with Gasteiger partial charge in [0.05, 0.1) is 6.54 Å². The van der Waals surface area contributed by atoms with Gasteiger partial charge in [0.1, 0.15) is 6.61 Å².